The molecule has 140 valence electrons. The van der Waals surface area contributed by atoms with Gasteiger partial charge in [0, 0.05) is 0 Å². The molecule has 2 aromatic carbocycles. The Bertz CT molecular complexity index is 800. The summed E-state index contributed by atoms with van der Waals surface area (Å²) < 4.78 is 12.2. The molecule has 3 atom stereocenters. The number of rotatable bonds is 7. The van der Waals surface area contributed by atoms with Gasteiger partial charge in [0.1, 0.15) is 23.7 Å². The molecular formula is C25H28O2. The minimum atomic E-state index is -0.0166. The number of hydrogen-bond acceptors (Lipinski definition) is 2. The van der Waals surface area contributed by atoms with Crippen LogP contribution in [-0.2, 0) is 4.74 Å². The maximum absolute atomic E-state index is 6.17. The molecule has 1 aliphatic carbocycles. The highest BCUT2D eigenvalue weighted by Crippen LogP contribution is 2.27. The molecule has 3 unspecified atom stereocenters. The van der Waals surface area contributed by atoms with E-state index in [1.807, 2.05) is 42.5 Å². The number of allylic oxidation sites excluding steroid dienone is 5. The first-order valence-corrected chi connectivity index (χ1v) is 9.70. The summed E-state index contributed by atoms with van der Waals surface area (Å²) in [5, 5.41) is 0. The van der Waals surface area contributed by atoms with Crippen molar-refractivity contribution >= 4 is 0 Å². The molecule has 3 rings (SSSR count). The first-order chi connectivity index (χ1) is 13.2. The van der Waals surface area contributed by atoms with Crippen LogP contribution in [0.1, 0.15) is 50.5 Å². The molecule has 0 N–H and O–H groups in total. The van der Waals surface area contributed by atoms with Gasteiger partial charge in [-0.1, -0.05) is 67.6 Å². The smallest absolute Gasteiger partial charge is 0.121 e. The van der Waals surface area contributed by atoms with E-state index < -0.39 is 0 Å². The van der Waals surface area contributed by atoms with Crippen molar-refractivity contribution in [1.29, 1.82) is 0 Å². The van der Waals surface area contributed by atoms with Crippen LogP contribution in [0.2, 0.25) is 0 Å². The van der Waals surface area contributed by atoms with E-state index in [9.17, 15) is 0 Å². The van der Waals surface area contributed by atoms with Crippen molar-refractivity contribution in [3.8, 4) is 5.75 Å². The third kappa shape index (κ3) is 5.37. The van der Waals surface area contributed by atoms with E-state index in [1.165, 1.54) is 5.56 Å². The maximum atomic E-state index is 6.17. The molecule has 2 aromatic rings. The van der Waals surface area contributed by atoms with Gasteiger partial charge in [-0.05, 0) is 61.6 Å². The van der Waals surface area contributed by atoms with Crippen molar-refractivity contribution in [2.24, 2.45) is 5.92 Å². The maximum Gasteiger partial charge on any atom is 0.121 e. The molecule has 0 radical (unpaired) electrons. The molecular weight excluding hydrogens is 332 g/mol. The Kier molecular flexibility index (Phi) is 6.54. The summed E-state index contributed by atoms with van der Waals surface area (Å²) in [5.74, 6) is 2.22. The second-order valence-electron chi connectivity index (χ2n) is 6.89. The van der Waals surface area contributed by atoms with Crippen molar-refractivity contribution < 1.29 is 9.47 Å². The quantitative estimate of drug-likeness (QED) is 0.532. The number of benzene rings is 2. The van der Waals surface area contributed by atoms with E-state index in [4.69, 9.17) is 9.47 Å². The lowest BCUT2D eigenvalue weighted by molar-refractivity contribution is 0.141. The summed E-state index contributed by atoms with van der Waals surface area (Å²) in [6, 6.07) is 18.4. The molecule has 0 aromatic heterocycles. The lowest BCUT2D eigenvalue weighted by atomic mass is 10.1. The zero-order valence-corrected chi connectivity index (χ0v) is 16.3. The van der Waals surface area contributed by atoms with Gasteiger partial charge in [-0.3, -0.25) is 0 Å². The normalized spacial score (nSPS) is 18.3. The molecule has 1 aliphatic rings. The van der Waals surface area contributed by atoms with Gasteiger partial charge in [0.25, 0.3) is 0 Å². The third-order valence-electron chi connectivity index (χ3n) is 4.82. The molecule has 0 saturated heterocycles. The van der Waals surface area contributed by atoms with Gasteiger partial charge >= 0.3 is 0 Å². The summed E-state index contributed by atoms with van der Waals surface area (Å²) in [4.78, 5) is 0. The Balaban J connectivity index is 1.62. The van der Waals surface area contributed by atoms with Crippen molar-refractivity contribution in [3.63, 3.8) is 0 Å². The van der Waals surface area contributed by atoms with Gasteiger partial charge in [-0.2, -0.15) is 0 Å². The molecule has 0 saturated carbocycles. The standard InChI is InChI=1S/C25H28O2/c1-4-21-10-8-9-13-25(18-21)27-20(3)23-14-16-24(17-15-23)26-19(2)22-11-6-5-7-12-22/h5-21H,4H2,1-3H3. The predicted octanol–water partition coefficient (Wildman–Crippen LogP) is 6.94. The molecule has 0 aliphatic heterocycles. The fourth-order valence-corrected chi connectivity index (χ4v) is 3.10. The number of ether oxygens (including phenoxy) is 2. The topological polar surface area (TPSA) is 18.5 Å². The first kappa shape index (κ1) is 19.0. The van der Waals surface area contributed by atoms with Crippen LogP contribution in [-0.4, -0.2) is 0 Å². The van der Waals surface area contributed by atoms with Crippen molar-refractivity contribution in [3.05, 3.63) is 102 Å². The zero-order chi connectivity index (χ0) is 19.1. The van der Waals surface area contributed by atoms with Crippen molar-refractivity contribution in [2.75, 3.05) is 0 Å². The fraction of sp³-hybridized carbons (Fsp3) is 0.280. The van der Waals surface area contributed by atoms with E-state index >= 15 is 0 Å². The second kappa shape index (κ2) is 9.27. The van der Waals surface area contributed by atoms with Crippen molar-refractivity contribution in [2.45, 2.75) is 39.4 Å². The summed E-state index contributed by atoms with van der Waals surface area (Å²) in [6.45, 7) is 6.33. The van der Waals surface area contributed by atoms with Gasteiger partial charge in [0.15, 0.2) is 0 Å². The van der Waals surface area contributed by atoms with Crippen LogP contribution >= 0.6 is 0 Å². The van der Waals surface area contributed by atoms with Gasteiger partial charge in [0.05, 0.1) is 0 Å². The highest BCUT2D eigenvalue weighted by Gasteiger charge is 2.11. The van der Waals surface area contributed by atoms with Gasteiger partial charge in [-0.15, -0.1) is 0 Å². The molecule has 0 spiro atoms. The van der Waals surface area contributed by atoms with Crippen LogP contribution in [0.25, 0.3) is 0 Å². The molecule has 0 amide bonds. The summed E-state index contributed by atoms with van der Waals surface area (Å²) >= 11 is 0. The highest BCUT2D eigenvalue weighted by atomic mass is 16.5. The Morgan fingerprint density at radius 1 is 0.815 bits per heavy atom. The zero-order valence-electron chi connectivity index (χ0n) is 16.3. The molecule has 0 fully saturated rings. The van der Waals surface area contributed by atoms with Crippen LogP contribution in [0.3, 0.4) is 0 Å². The molecule has 0 bridgehead atoms. The Hall–Kier alpha value is -2.74. The van der Waals surface area contributed by atoms with Crippen molar-refractivity contribution in [1.82, 2.24) is 0 Å². The van der Waals surface area contributed by atoms with E-state index in [0.717, 1.165) is 23.5 Å². The summed E-state index contributed by atoms with van der Waals surface area (Å²) in [7, 11) is 0. The third-order valence-corrected chi connectivity index (χ3v) is 4.82. The highest BCUT2D eigenvalue weighted by molar-refractivity contribution is 5.31. The minimum absolute atomic E-state index is 0.0166. The molecule has 2 nitrogen and oxygen atoms in total. The van der Waals surface area contributed by atoms with Crippen LogP contribution < -0.4 is 4.74 Å². The predicted molar refractivity (Wildman–Crippen MR) is 112 cm³/mol. The van der Waals surface area contributed by atoms with Crippen LogP contribution in [0.4, 0.5) is 0 Å². The molecule has 0 heterocycles. The number of hydrogen-bond donors (Lipinski definition) is 0. The van der Waals surface area contributed by atoms with Crippen LogP contribution in [0.5, 0.6) is 5.75 Å². The minimum Gasteiger partial charge on any atom is -0.486 e. The van der Waals surface area contributed by atoms with Crippen LogP contribution in [0, 0.1) is 5.92 Å². The molecule has 27 heavy (non-hydrogen) atoms. The largest absolute Gasteiger partial charge is 0.486 e. The average Bonchev–Trinajstić information content (AvgIpc) is 2.94. The lowest BCUT2D eigenvalue weighted by Gasteiger charge is -2.18. The second-order valence-corrected chi connectivity index (χ2v) is 6.89. The Morgan fingerprint density at radius 3 is 2.19 bits per heavy atom. The van der Waals surface area contributed by atoms with E-state index in [2.05, 4.69) is 63.3 Å². The van der Waals surface area contributed by atoms with Crippen LogP contribution in [0.15, 0.2) is 90.7 Å². The summed E-state index contributed by atoms with van der Waals surface area (Å²) in [5.41, 5.74) is 2.30. The average molecular weight is 360 g/mol. The van der Waals surface area contributed by atoms with Gasteiger partial charge in [0.2, 0.25) is 0 Å². The van der Waals surface area contributed by atoms with E-state index in [0.29, 0.717) is 5.92 Å². The first-order valence-electron chi connectivity index (χ1n) is 9.70. The monoisotopic (exact) mass is 360 g/mol. The summed E-state index contributed by atoms with van der Waals surface area (Å²) in [6.07, 6.45) is 11.6. The Labute approximate surface area is 162 Å². The van der Waals surface area contributed by atoms with Gasteiger partial charge < -0.3 is 9.47 Å². The Morgan fingerprint density at radius 2 is 1.48 bits per heavy atom. The lowest BCUT2D eigenvalue weighted by Crippen LogP contribution is -2.04. The van der Waals surface area contributed by atoms with E-state index in [1.54, 1.807) is 0 Å². The molecule has 2 heteroatoms. The fourth-order valence-electron chi connectivity index (χ4n) is 3.10. The van der Waals surface area contributed by atoms with Gasteiger partial charge in [-0.25, -0.2) is 0 Å². The SMILES string of the molecule is CCC1C=CC=CC(OC(C)c2ccc(OC(C)c3ccccc3)cc2)=C1. The van der Waals surface area contributed by atoms with E-state index in [-0.39, 0.29) is 12.2 Å².